The summed E-state index contributed by atoms with van der Waals surface area (Å²) in [5, 5.41) is 10.3. The highest BCUT2D eigenvalue weighted by Gasteiger charge is 2.43. The van der Waals surface area contributed by atoms with Crippen LogP contribution in [0.1, 0.15) is 35.4 Å². The third-order valence-electron chi connectivity index (χ3n) is 5.72. The topological polar surface area (TPSA) is 119 Å². The normalized spacial score (nSPS) is 16.6. The van der Waals surface area contributed by atoms with Crippen LogP contribution in [0.2, 0.25) is 0 Å². The van der Waals surface area contributed by atoms with Gasteiger partial charge in [-0.1, -0.05) is 60.7 Å². The molecular formula is C25H27NO8. The predicted molar refractivity (Wildman–Crippen MR) is 120 cm³/mol. The molecule has 1 heterocycles. The molecule has 2 aromatic carbocycles. The number of hydrogen-bond acceptors (Lipinski definition) is 9. The molecule has 0 bridgehead atoms. The van der Waals surface area contributed by atoms with Crippen molar-refractivity contribution in [3.8, 4) is 0 Å². The monoisotopic (exact) mass is 469 g/mol. The van der Waals surface area contributed by atoms with Gasteiger partial charge in [0.25, 0.3) is 5.78 Å². The zero-order chi connectivity index (χ0) is 24.6. The number of aliphatic hydroxyl groups excluding tert-OH is 1. The molecule has 1 saturated heterocycles. The summed E-state index contributed by atoms with van der Waals surface area (Å²) >= 11 is 0. The third kappa shape index (κ3) is 6.13. The second-order valence-electron chi connectivity index (χ2n) is 7.98. The van der Waals surface area contributed by atoms with Crippen LogP contribution in [0, 0.1) is 0 Å². The summed E-state index contributed by atoms with van der Waals surface area (Å²) in [7, 11) is 0. The molecule has 9 heteroatoms. The summed E-state index contributed by atoms with van der Waals surface area (Å²) in [6.45, 7) is 2.83. The van der Waals surface area contributed by atoms with Crippen molar-refractivity contribution in [2.75, 3.05) is 32.9 Å². The number of carbonyl (C=O) groups is 4. The van der Waals surface area contributed by atoms with Crippen molar-refractivity contribution in [1.82, 2.24) is 4.90 Å². The molecule has 9 nitrogen and oxygen atoms in total. The average molecular weight is 469 g/mol. The fourth-order valence-corrected chi connectivity index (χ4v) is 3.59. The minimum atomic E-state index is -1.62. The highest BCUT2D eigenvalue weighted by atomic mass is 16.6. The van der Waals surface area contributed by atoms with Gasteiger partial charge in [-0.3, -0.25) is 9.69 Å². The van der Waals surface area contributed by atoms with Crippen molar-refractivity contribution >= 4 is 23.7 Å². The van der Waals surface area contributed by atoms with Crippen molar-refractivity contribution in [2.45, 2.75) is 25.0 Å². The van der Waals surface area contributed by atoms with Crippen LogP contribution in [0.5, 0.6) is 0 Å². The minimum absolute atomic E-state index is 0.0334. The average Bonchev–Trinajstić information content (AvgIpc) is 2.89. The Morgan fingerprint density at radius 2 is 1.59 bits per heavy atom. The fourth-order valence-electron chi connectivity index (χ4n) is 3.59. The fraction of sp³-hybridized carbons (Fsp3) is 0.360. The van der Waals surface area contributed by atoms with Gasteiger partial charge >= 0.3 is 17.9 Å². The van der Waals surface area contributed by atoms with Crippen LogP contribution < -0.4 is 0 Å². The Kier molecular flexibility index (Phi) is 8.64. The summed E-state index contributed by atoms with van der Waals surface area (Å²) < 4.78 is 15.5. The Morgan fingerprint density at radius 3 is 2.21 bits per heavy atom. The number of carbonyl (C=O) groups excluding carboxylic acids is 4. The van der Waals surface area contributed by atoms with Gasteiger partial charge in [0.05, 0.1) is 19.8 Å². The van der Waals surface area contributed by atoms with E-state index in [1.807, 2.05) is 0 Å². The lowest BCUT2D eigenvalue weighted by atomic mass is 9.95. The highest BCUT2D eigenvalue weighted by molar-refractivity contribution is 6.40. The standard InChI is InChI=1S/C25H27NO8/c1-25(26-13-16-32-17-14-26,12-15-33-22(29)20(27)18-8-4-2-5-9-18)24(31)34-23(30)21(28)19-10-6-3-7-11-19/h2-11,21,28H,12-17H2,1H3. The largest absolute Gasteiger partial charge is 0.460 e. The second kappa shape index (κ2) is 11.6. The number of hydrogen-bond donors (Lipinski definition) is 1. The molecule has 180 valence electrons. The van der Waals surface area contributed by atoms with Crippen LogP contribution in [0.15, 0.2) is 60.7 Å². The molecule has 1 aliphatic rings. The highest BCUT2D eigenvalue weighted by Crippen LogP contribution is 2.25. The summed E-state index contributed by atoms with van der Waals surface area (Å²) in [5.41, 5.74) is -0.864. The van der Waals surface area contributed by atoms with Gasteiger partial charge in [-0.15, -0.1) is 0 Å². The van der Waals surface area contributed by atoms with Gasteiger partial charge in [0.15, 0.2) is 6.10 Å². The molecule has 1 aliphatic heterocycles. The number of morpholine rings is 1. The first kappa shape index (κ1) is 25.2. The molecule has 3 rings (SSSR count). The lowest BCUT2D eigenvalue weighted by molar-refractivity contribution is -0.177. The van der Waals surface area contributed by atoms with Crippen molar-refractivity contribution in [2.24, 2.45) is 0 Å². The molecule has 2 atom stereocenters. The number of nitrogens with zero attached hydrogens (tertiary/aromatic N) is 1. The molecule has 0 aliphatic carbocycles. The second-order valence-corrected chi connectivity index (χ2v) is 7.98. The van der Waals surface area contributed by atoms with Gasteiger partial charge in [0.2, 0.25) is 0 Å². The Morgan fingerprint density at radius 1 is 1.00 bits per heavy atom. The van der Waals surface area contributed by atoms with E-state index < -0.39 is 35.3 Å². The van der Waals surface area contributed by atoms with E-state index in [-0.39, 0.29) is 18.6 Å². The van der Waals surface area contributed by atoms with E-state index in [0.29, 0.717) is 31.9 Å². The molecular weight excluding hydrogens is 442 g/mol. The van der Waals surface area contributed by atoms with Gasteiger partial charge in [-0.05, 0) is 12.5 Å². The predicted octanol–water partition coefficient (Wildman–Crippen LogP) is 1.70. The van der Waals surface area contributed by atoms with Crippen molar-refractivity contribution in [3.05, 3.63) is 71.8 Å². The first-order valence-corrected chi connectivity index (χ1v) is 10.9. The van der Waals surface area contributed by atoms with E-state index in [1.54, 1.807) is 60.4 Å². The Bertz CT molecular complexity index is 1000. The smallest absolute Gasteiger partial charge is 0.379 e. The number of ether oxygens (including phenoxy) is 3. The summed E-state index contributed by atoms with van der Waals surface area (Å²) in [6.07, 6.45) is -1.66. The van der Waals surface area contributed by atoms with E-state index in [4.69, 9.17) is 14.2 Å². The molecule has 0 saturated carbocycles. The van der Waals surface area contributed by atoms with Gasteiger partial charge < -0.3 is 19.3 Å². The Labute approximate surface area is 197 Å². The van der Waals surface area contributed by atoms with E-state index in [2.05, 4.69) is 0 Å². The van der Waals surface area contributed by atoms with Crippen LogP contribution in [-0.2, 0) is 28.6 Å². The van der Waals surface area contributed by atoms with Crippen molar-refractivity contribution in [3.63, 3.8) is 0 Å². The van der Waals surface area contributed by atoms with Gasteiger partial charge in [-0.2, -0.15) is 0 Å². The first-order valence-electron chi connectivity index (χ1n) is 10.9. The van der Waals surface area contributed by atoms with Gasteiger partial charge in [-0.25, -0.2) is 14.4 Å². The molecule has 0 aromatic heterocycles. The maximum atomic E-state index is 13.1. The molecule has 34 heavy (non-hydrogen) atoms. The van der Waals surface area contributed by atoms with Crippen LogP contribution in [0.3, 0.4) is 0 Å². The van der Waals surface area contributed by atoms with E-state index >= 15 is 0 Å². The first-order chi connectivity index (χ1) is 16.3. The lowest BCUT2D eigenvalue weighted by Gasteiger charge is -2.40. The van der Waals surface area contributed by atoms with Crippen LogP contribution in [-0.4, -0.2) is 72.1 Å². The molecule has 0 amide bonds. The number of esters is 3. The molecule has 1 fully saturated rings. The van der Waals surface area contributed by atoms with Crippen molar-refractivity contribution < 1.29 is 38.5 Å². The molecule has 0 spiro atoms. The van der Waals surface area contributed by atoms with Crippen LogP contribution in [0.4, 0.5) is 0 Å². The number of rotatable bonds is 9. The SMILES string of the molecule is CC(CCOC(=O)C(=O)c1ccccc1)(C(=O)OC(=O)C(O)c1ccccc1)N1CCOCC1. The summed E-state index contributed by atoms with van der Waals surface area (Å²) in [6, 6.07) is 16.1. The lowest BCUT2D eigenvalue weighted by Crippen LogP contribution is -2.58. The molecule has 1 N–H and O–H groups in total. The third-order valence-corrected chi connectivity index (χ3v) is 5.72. The maximum Gasteiger partial charge on any atom is 0.379 e. The van der Waals surface area contributed by atoms with Crippen LogP contribution >= 0.6 is 0 Å². The zero-order valence-corrected chi connectivity index (χ0v) is 18.8. The van der Waals surface area contributed by atoms with Gasteiger partial charge in [0, 0.05) is 25.1 Å². The summed E-state index contributed by atoms with van der Waals surface area (Å²) in [5.74, 6) is -3.83. The van der Waals surface area contributed by atoms with E-state index in [1.165, 1.54) is 12.1 Å². The maximum absolute atomic E-state index is 13.1. The number of aliphatic hydroxyl groups is 1. The molecule has 0 radical (unpaired) electrons. The Hall–Kier alpha value is -3.40. The molecule has 2 aromatic rings. The quantitative estimate of drug-likeness (QED) is 0.253. The molecule has 2 unspecified atom stereocenters. The minimum Gasteiger partial charge on any atom is -0.460 e. The summed E-state index contributed by atoms with van der Waals surface area (Å²) in [4.78, 5) is 51.7. The number of benzene rings is 2. The van der Waals surface area contributed by atoms with E-state index in [0.717, 1.165) is 0 Å². The van der Waals surface area contributed by atoms with Crippen LogP contribution in [0.25, 0.3) is 0 Å². The van der Waals surface area contributed by atoms with E-state index in [9.17, 15) is 24.3 Å². The number of ketones is 1. The number of Topliss-reactive ketones (excluding diaryl/α,β-unsaturated/α-hetero) is 1. The zero-order valence-electron chi connectivity index (χ0n) is 18.8. The van der Waals surface area contributed by atoms with Crippen molar-refractivity contribution in [1.29, 1.82) is 0 Å². The van der Waals surface area contributed by atoms with Gasteiger partial charge in [0.1, 0.15) is 5.54 Å². The Balaban J connectivity index is 1.66.